The summed E-state index contributed by atoms with van der Waals surface area (Å²) in [5, 5.41) is 2.56. The standard InChI is InChI=1S/C38H35ClN2O7S/c1-5-45-30-16-15-25(20-31(30)46-6-2)34-28(37(43)44-4)21-40-38-41(34)36(42)33(49-38)19-23-17-29(39)35(32(18-23)47-7-3)48-22-26-13-10-12-24-11-8-9-14-27(24)26/h8-21,34H,5-7,22H2,1-4H3/b33-19-/t34-/m0/s1. The van der Waals surface area contributed by atoms with E-state index < -0.39 is 12.0 Å². The average Bonchev–Trinajstić information content (AvgIpc) is 3.42. The number of carbonyl (C=O) groups excluding carboxylic acids is 1. The summed E-state index contributed by atoms with van der Waals surface area (Å²) >= 11 is 8.01. The molecular formula is C38H35ClN2O7S. The SMILES string of the molecule is CCOc1ccc([C@H]2C(C(=O)OC)=CN=c3s/c(=C\c4cc(Cl)c(OCc5cccc6ccccc56)c(OCC)c4)c(=O)n32)cc1OCC. The fourth-order valence-electron chi connectivity index (χ4n) is 5.78. The molecule has 0 radical (unpaired) electrons. The van der Waals surface area contributed by atoms with Crippen LogP contribution in [0.25, 0.3) is 16.8 Å². The van der Waals surface area contributed by atoms with Crippen LogP contribution >= 0.6 is 22.9 Å². The van der Waals surface area contributed by atoms with Gasteiger partial charge in [-0.2, -0.15) is 0 Å². The normalized spacial score (nSPS) is 14.1. The van der Waals surface area contributed by atoms with Crippen molar-refractivity contribution in [3.05, 3.63) is 126 Å². The average molecular weight is 699 g/mol. The predicted molar refractivity (Wildman–Crippen MR) is 191 cm³/mol. The molecular weight excluding hydrogens is 664 g/mol. The summed E-state index contributed by atoms with van der Waals surface area (Å²) in [6.07, 6.45) is 3.18. The van der Waals surface area contributed by atoms with Crippen LogP contribution in [0.15, 0.2) is 94.4 Å². The van der Waals surface area contributed by atoms with Crippen LogP contribution in [0.3, 0.4) is 0 Å². The Hall–Kier alpha value is -5.06. The van der Waals surface area contributed by atoms with Crippen LogP contribution in [0.1, 0.15) is 43.5 Å². The summed E-state index contributed by atoms with van der Waals surface area (Å²) in [6.45, 7) is 7.17. The van der Waals surface area contributed by atoms with Crippen LogP contribution in [0, 0.1) is 0 Å². The van der Waals surface area contributed by atoms with Crippen LogP contribution in [-0.4, -0.2) is 37.5 Å². The van der Waals surface area contributed by atoms with E-state index in [4.69, 9.17) is 35.3 Å². The van der Waals surface area contributed by atoms with Gasteiger partial charge in [-0.3, -0.25) is 9.36 Å². The quantitative estimate of drug-likeness (QED) is 0.136. The summed E-state index contributed by atoms with van der Waals surface area (Å²) in [7, 11) is 1.30. The van der Waals surface area contributed by atoms with Crippen LogP contribution < -0.4 is 33.8 Å². The first-order valence-corrected chi connectivity index (χ1v) is 17.1. The number of ether oxygens (including phenoxy) is 5. The lowest BCUT2D eigenvalue weighted by molar-refractivity contribution is -0.136. The molecule has 1 aliphatic rings. The molecule has 2 heterocycles. The van der Waals surface area contributed by atoms with Gasteiger partial charge in [0.25, 0.3) is 5.56 Å². The van der Waals surface area contributed by atoms with Gasteiger partial charge in [0.15, 0.2) is 27.8 Å². The number of hydrogen-bond donors (Lipinski definition) is 0. The Morgan fingerprint density at radius 1 is 0.898 bits per heavy atom. The van der Waals surface area contributed by atoms with E-state index in [0.717, 1.165) is 16.3 Å². The number of methoxy groups -OCH3 is 1. The number of benzene rings is 4. The van der Waals surface area contributed by atoms with E-state index in [1.165, 1.54) is 29.2 Å². The predicted octanol–water partition coefficient (Wildman–Crippen LogP) is 6.60. The van der Waals surface area contributed by atoms with Crippen molar-refractivity contribution in [1.29, 1.82) is 0 Å². The Bertz CT molecular complexity index is 2240. The largest absolute Gasteiger partial charge is 0.490 e. The molecule has 0 unspecified atom stereocenters. The maximum Gasteiger partial charge on any atom is 0.337 e. The molecule has 0 fully saturated rings. The fraction of sp³-hybridized carbons (Fsp3) is 0.237. The van der Waals surface area contributed by atoms with E-state index in [1.54, 1.807) is 30.3 Å². The maximum atomic E-state index is 14.1. The Morgan fingerprint density at radius 2 is 1.63 bits per heavy atom. The highest BCUT2D eigenvalue weighted by molar-refractivity contribution is 7.07. The summed E-state index contributed by atoms with van der Waals surface area (Å²) in [5.74, 6) is 1.35. The monoisotopic (exact) mass is 698 g/mol. The number of aromatic nitrogens is 1. The molecule has 11 heteroatoms. The highest BCUT2D eigenvalue weighted by Crippen LogP contribution is 2.38. The molecule has 0 amide bonds. The van der Waals surface area contributed by atoms with Crippen molar-refractivity contribution >= 4 is 45.8 Å². The van der Waals surface area contributed by atoms with Gasteiger partial charge in [-0.1, -0.05) is 71.5 Å². The summed E-state index contributed by atoms with van der Waals surface area (Å²) in [6, 6.07) is 22.3. The molecule has 49 heavy (non-hydrogen) atoms. The van der Waals surface area contributed by atoms with Gasteiger partial charge in [0, 0.05) is 6.20 Å². The van der Waals surface area contributed by atoms with Gasteiger partial charge in [0.05, 0.1) is 48.1 Å². The Kier molecular flexibility index (Phi) is 10.4. The minimum absolute atomic E-state index is 0.211. The van der Waals surface area contributed by atoms with Crippen molar-refractivity contribution in [2.24, 2.45) is 4.99 Å². The van der Waals surface area contributed by atoms with Gasteiger partial charge >= 0.3 is 5.97 Å². The summed E-state index contributed by atoms with van der Waals surface area (Å²) in [5.41, 5.74) is 2.17. The molecule has 4 aromatic carbocycles. The van der Waals surface area contributed by atoms with Crippen molar-refractivity contribution in [1.82, 2.24) is 4.57 Å². The Balaban J connectivity index is 1.39. The van der Waals surface area contributed by atoms with E-state index in [1.807, 2.05) is 51.1 Å². The Labute approximate surface area is 292 Å². The van der Waals surface area contributed by atoms with Gasteiger partial charge in [0.1, 0.15) is 6.61 Å². The Morgan fingerprint density at radius 3 is 2.41 bits per heavy atom. The highest BCUT2D eigenvalue weighted by Gasteiger charge is 2.31. The minimum Gasteiger partial charge on any atom is -0.490 e. The molecule has 0 saturated heterocycles. The van der Waals surface area contributed by atoms with Crippen molar-refractivity contribution in [3.63, 3.8) is 0 Å². The number of carbonyl (C=O) groups is 1. The van der Waals surface area contributed by atoms with E-state index in [9.17, 15) is 9.59 Å². The van der Waals surface area contributed by atoms with E-state index >= 15 is 0 Å². The van der Waals surface area contributed by atoms with Crippen LogP contribution in [0.5, 0.6) is 23.0 Å². The molecule has 252 valence electrons. The zero-order chi connectivity index (χ0) is 34.5. The van der Waals surface area contributed by atoms with Crippen molar-refractivity contribution < 1.29 is 28.5 Å². The van der Waals surface area contributed by atoms with Crippen LogP contribution in [0.2, 0.25) is 5.02 Å². The van der Waals surface area contributed by atoms with Crippen LogP contribution in [-0.2, 0) is 16.1 Å². The third-order valence-corrected chi connectivity index (χ3v) is 9.17. The number of thiazole rings is 1. The number of hydrogen-bond acceptors (Lipinski definition) is 9. The smallest absolute Gasteiger partial charge is 0.337 e. The third-order valence-electron chi connectivity index (χ3n) is 7.89. The molecule has 0 spiro atoms. The molecule has 0 N–H and O–H groups in total. The fourth-order valence-corrected chi connectivity index (χ4v) is 7.02. The first-order valence-electron chi connectivity index (χ1n) is 15.9. The van der Waals surface area contributed by atoms with Gasteiger partial charge in [-0.25, -0.2) is 9.79 Å². The molecule has 1 atom stereocenters. The van der Waals surface area contributed by atoms with Gasteiger partial charge in [0.2, 0.25) is 0 Å². The van der Waals surface area contributed by atoms with E-state index in [2.05, 4.69) is 23.2 Å². The van der Waals surface area contributed by atoms with Gasteiger partial charge in [-0.05, 0) is 78.6 Å². The van der Waals surface area contributed by atoms with E-state index in [0.29, 0.717) is 68.3 Å². The number of halogens is 1. The lowest BCUT2D eigenvalue weighted by atomic mass is 9.97. The molecule has 6 rings (SSSR count). The third kappa shape index (κ3) is 6.93. The first kappa shape index (κ1) is 33.8. The molecule has 0 saturated carbocycles. The first-order chi connectivity index (χ1) is 23.9. The van der Waals surface area contributed by atoms with Crippen molar-refractivity contribution in [2.45, 2.75) is 33.4 Å². The number of esters is 1. The van der Waals surface area contributed by atoms with Crippen LogP contribution in [0.4, 0.5) is 0 Å². The second kappa shape index (κ2) is 15.0. The van der Waals surface area contributed by atoms with Gasteiger partial charge < -0.3 is 23.7 Å². The number of nitrogens with zero attached hydrogens (tertiary/aromatic N) is 2. The summed E-state index contributed by atoms with van der Waals surface area (Å²) in [4.78, 5) is 32.0. The molecule has 1 aromatic heterocycles. The molecule has 9 nitrogen and oxygen atoms in total. The van der Waals surface area contributed by atoms with E-state index in [-0.39, 0.29) is 17.7 Å². The molecule has 5 aromatic rings. The maximum absolute atomic E-state index is 14.1. The lowest BCUT2D eigenvalue weighted by Gasteiger charge is -2.23. The minimum atomic E-state index is -0.812. The zero-order valence-corrected chi connectivity index (χ0v) is 29.1. The number of rotatable bonds is 12. The zero-order valence-electron chi connectivity index (χ0n) is 27.5. The lowest BCUT2D eigenvalue weighted by Crippen LogP contribution is -2.39. The van der Waals surface area contributed by atoms with Gasteiger partial charge in [-0.15, -0.1) is 0 Å². The number of fused-ring (bicyclic) bond motifs is 2. The highest BCUT2D eigenvalue weighted by atomic mass is 35.5. The topological polar surface area (TPSA) is 97.6 Å². The molecule has 0 aliphatic carbocycles. The second-order valence-corrected chi connectivity index (χ2v) is 12.4. The molecule has 0 bridgehead atoms. The second-order valence-electron chi connectivity index (χ2n) is 10.9. The van der Waals surface area contributed by atoms with Crippen molar-refractivity contribution in [2.75, 3.05) is 26.9 Å². The molecule has 1 aliphatic heterocycles. The summed E-state index contributed by atoms with van der Waals surface area (Å²) < 4.78 is 30.8. The van der Waals surface area contributed by atoms with Crippen molar-refractivity contribution in [3.8, 4) is 23.0 Å².